The summed E-state index contributed by atoms with van der Waals surface area (Å²) in [7, 11) is 0. The molecule has 0 aliphatic carbocycles. The minimum absolute atomic E-state index is 0.0894. The number of carbonyl (C=O) groups is 1. The Morgan fingerprint density at radius 2 is 1.15 bits per heavy atom. The van der Waals surface area contributed by atoms with E-state index in [1.807, 2.05) is 85.8 Å². The first-order chi connectivity index (χ1) is 16.2. The molecule has 0 spiro atoms. The van der Waals surface area contributed by atoms with Crippen LogP contribution in [0, 0.1) is 0 Å². The molecule has 3 rings (SSSR count). The Morgan fingerprint density at radius 3 is 1.61 bits per heavy atom. The zero-order chi connectivity index (χ0) is 24.0. The summed E-state index contributed by atoms with van der Waals surface area (Å²) in [5, 5.41) is 8.26. The number of rotatable bonds is 10. The van der Waals surface area contributed by atoms with Gasteiger partial charge in [-0.3, -0.25) is 0 Å². The second kappa shape index (κ2) is 19.5. The van der Waals surface area contributed by atoms with Gasteiger partial charge >= 0.3 is 5.97 Å². The lowest BCUT2D eigenvalue weighted by atomic mass is 10.2. The van der Waals surface area contributed by atoms with E-state index in [-0.39, 0.29) is 12.6 Å². The highest BCUT2D eigenvalue weighted by atomic mass is 16.5. The molecule has 3 aromatic rings. The average Bonchev–Trinajstić information content (AvgIpc) is 2.87. The maximum absolute atomic E-state index is 11.0. The number of benzene rings is 3. The summed E-state index contributed by atoms with van der Waals surface area (Å²) < 4.78 is 20.3. The van der Waals surface area contributed by atoms with Gasteiger partial charge in [0.2, 0.25) is 0 Å². The Hall–Kier alpha value is -3.19. The van der Waals surface area contributed by atoms with Crippen molar-refractivity contribution in [2.24, 2.45) is 0 Å². The molecule has 0 atom stereocenters. The number of aliphatic hydroxyl groups is 1. The van der Waals surface area contributed by atoms with E-state index in [4.69, 9.17) is 24.1 Å². The Kier molecular flexibility index (Phi) is 16.4. The molecule has 0 aromatic heterocycles. The Morgan fingerprint density at radius 1 is 0.667 bits per heavy atom. The molecule has 3 aromatic carbocycles. The van der Waals surface area contributed by atoms with Gasteiger partial charge in [0, 0.05) is 6.61 Å². The summed E-state index contributed by atoms with van der Waals surface area (Å²) in [6.07, 6.45) is 0. The molecule has 0 saturated carbocycles. The van der Waals surface area contributed by atoms with Crippen LogP contribution in [0.3, 0.4) is 0 Å². The van der Waals surface area contributed by atoms with Crippen molar-refractivity contribution in [3.8, 4) is 11.5 Å². The smallest absolute Gasteiger partial charge is 0.338 e. The van der Waals surface area contributed by atoms with E-state index in [2.05, 4.69) is 0 Å². The zero-order valence-electron chi connectivity index (χ0n) is 19.4. The second-order valence-corrected chi connectivity index (χ2v) is 6.35. The standard InChI is InChI=1S/C12H10O.C9H10O2.C6H14O3/c1-3-7-11(8-4-1)13-12-9-5-2-6-10-12;1-2-11-9(10)8-6-4-3-5-7-8;1-2-8-5-6-9-4-3-7/h1-10H;3-7H,2H2,1H3;7H,2-6H2,1H3. The average molecular weight is 455 g/mol. The van der Waals surface area contributed by atoms with E-state index in [1.54, 1.807) is 19.1 Å². The summed E-state index contributed by atoms with van der Waals surface area (Å²) in [5.74, 6) is 1.48. The van der Waals surface area contributed by atoms with Crippen molar-refractivity contribution in [3.05, 3.63) is 96.6 Å². The molecule has 0 unspecified atom stereocenters. The number of ether oxygens (including phenoxy) is 4. The highest BCUT2D eigenvalue weighted by molar-refractivity contribution is 5.89. The van der Waals surface area contributed by atoms with E-state index in [9.17, 15) is 4.79 Å². The predicted octanol–water partition coefficient (Wildman–Crippen LogP) is 5.37. The first-order valence-electron chi connectivity index (χ1n) is 11.0. The molecule has 33 heavy (non-hydrogen) atoms. The van der Waals surface area contributed by atoms with Gasteiger partial charge in [-0.2, -0.15) is 0 Å². The van der Waals surface area contributed by atoms with Gasteiger partial charge in [-0.05, 0) is 50.2 Å². The number of carbonyl (C=O) groups excluding carboxylic acids is 1. The quantitative estimate of drug-likeness (QED) is 0.328. The van der Waals surface area contributed by atoms with Crippen LogP contribution in [0.15, 0.2) is 91.0 Å². The molecule has 0 bridgehead atoms. The fraction of sp³-hybridized carbons (Fsp3) is 0.296. The van der Waals surface area contributed by atoms with Crippen molar-refractivity contribution >= 4 is 5.97 Å². The molecule has 0 amide bonds. The molecule has 6 nitrogen and oxygen atoms in total. The number of aliphatic hydroxyl groups excluding tert-OH is 1. The summed E-state index contributed by atoms with van der Waals surface area (Å²) in [6, 6.07) is 28.5. The summed E-state index contributed by atoms with van der Waals surface area (Å²) in [6.45, 7) is 6.58. The number of hydrogen-bond acceptors (Lipinski definition) is 6. The molecule has 6 heteroatoms. The number of para-hydroxylation sites is 2. The van der Waals surface area contributed by atoms with E-state index < -0.39 is 0 Å². The first-order valence-corrected chi connectivity index (χ1v) is 11.0. The maximum Gasteiger partial charge on any atom is 0.338 e. The third-order valence-corrected chi connectivity index (χ3v) is 3.82. The minimum Gasteiger partial charge on any atom is -0.462 e. The van der Waals surface area contributed by atoms with Crippen LogP contribution in [0.5, 0.6) is 11.5 Å². The SMILES string of the molecule is CCOC(=O)c1ccccc1.CCOCCOCCO.c1ccc(Oc2ccccc2)cc1. The van der Waals surface area contributed by atoms with Gasteiger partial charge in [0.15, 0.2) is 0 Å². The monoisotopic (exact) mass is 454 g/mol. The summed E-state index contributed by atoms with van der Waals surface area (Å²) in [4.78, 5) is 11.0. The van der Waals surface area contributed by atoms with Crippen molar-refractivity contribution in [1.82, 2.24) is 0 Å². The lowest BCUT2D eigenvalue weighted by Gasteiger charge is -2.03. The van der Waals surface area contributed by atoms with Crippen LogP contribution in [0.4, 0.5) is 0 Å². The van der Waals surface area contributed by atoms with Gasteiger partial charge < -0.3 is 24.1 Å². The van der Waals surface area contributed by atoms with Crippen LogP contribution >= 0.6 is 0 Å². The third-order valence-electron chi connectivity index (χ3n) is 3.82. The highest BCUT2D eigenvalue weighted by Gasteiger charge is 2.02. The van der Waals surface area contributed by atoms with E-state index in [1.165, 1.54) is 0 Å². The summed E-state index contributed by atoms with van der Waals surface area (Å²) in [5.41, 5.74) is 0.606. The van der Waals surface area contributed by atoms with Crippen LogP contribution in [0.25, 0.3) is 0 Å². The number of hydrogen-bond donors (Lipinski definition) is 1. The maximum atomic E-state index is 11.0. The normalized spacial score (nSPS) is 9.55. The van der Waals surface area contributed by atoms with E-state index >= 15 is 0 Å². The van der Waals surface area contributed by atoms with Crippen molar-refractivity contribution in [1.29, 1.82) is 0 Å². The van der Waals surface area contributed by atoms with Crippen molar-refractivity contribution in [2.45, 2.75) is 13.8 Å². The van der Waals surface area contributed by atoms with Gasteiger partial charge in [0.05, 0.1) is 38.6 Å². The fourth-order valence-corrected chi connectivity index (χ4v) is 2.33. The van der Waals surface area contributed by atoms with Crippen LogP contribution < -0.4 is 4.74 Å². The van der Waals surface area contributed by atoms with Crippen LogP contribution in [0.1, 0.15) is 24.2 Å². The van der Waals surface area contributed by atoms with E-state index in [0.29, 0.717) is 32.0 Å². The predicted molar refractivity (Wildman–Crippen MR) is 130 cm³/mol. The molecule has 1 N–H and O–H groups in total. The lowest BCUT2D eigenvalue weighted by Crippen LogP contribution is -2.06. The molecule has 178 valence electrons. The molecule has 0 fully saturated rings. The lowest BCUT2D eigenvalue weighted by molar-refractivity contribution is 0.0370. The van der Waals surface area contributed by atoms with Gasteiger partial charge in [0.1, 0.15) is 11.5 Å². The van der Waals surface area contributed by atoms with Crippen LogP contribution in [-0.4, -0.2) is 50.7 Å². The second-order valence-electron chi connectivity index (χ2n) is 6.35. The fourth-order valence-electron chi connectivity index (χ4n) is 2.33. The number of esters is 1. The highest BCUT2D eigenvalue weighted by Crippen LogP contribution is 2.19. The molecular formula is C27H34O6. The Bertz CT molecular complexity index is 782. The van der Waals surface area contributed by atoms with E-state index in [0.717, 1.165) is 18.1 Å². The van der Waals surface area contributed by atoms with Gasteiger partial charge in [0.25, 0.3) is 0 Å². The molecule has 0 aliphatic heterocycles. The molecular weight excluding hydrogens is 420 g/mol. The van der Waals surface area contributed by atoms with Crippen molar-refractivity contribution in [3.63, 3.8) is 0 Å². The molecule has 0 saturated heterocycles. The topological polar surface area (TPSA) is 74.2 Å². The molecule has 0 heterocycles. The largest absolute Gasteiger partial charge is 0.462 e. The van der Waals surface area contributed by atoms with Crippen molar-refractivity contribution in [2.75, 3.05) is 39.6 Å². The molecule has 0 aliphatic rings. The van der Waals surface area contributed by atoms with Gasteiger partial charge in [-0.1, -0.05) is 54.6 Å². The van der Waals surface area contributed by atoms with Crippen LogP contribution in [0.2, 0.25) is 0 Å². The van der Waals surface area contributed by atoms with Gasteiger partial charge in [-0.25, -0.2) is 4.79 Å². The Balaban J connectivity index is 0.000000253. The van der Waals surface area contributed by atoms with Gasteiger partial charge in [-0.15, -0.1) is 0 Å². The Labute approximate surface area is 196 Å². The molecule has 0 radical (unpaired) electrons. The summed E-state index contributed by atoms with van der Waals surface area (Å²) >= 11 is 0. The zero-order valence-corrected chi connectivity index (χ0v) is 19.4. The third kappa shape index (κ3) is 14.5. The minimum atomic E-state index is -0.256. The first kappa shape index (κ1) is 27.8. The van der Waals surface area contributed by atoms with Crippen molar-refractivity contribution < 1.29 is 28.8 Å². The van der Waals surface area contributed by atoms with Crippen LogP contribution in [-0.2, 0) is 14.2 Å².